The summed E-state index contributed by atoms with van der Waals surface area (Å²) < 4.78 is 5.36. The van der Waals surface area contributed by atoms with Gasteiger partial charge in [0, 0.05) is 42.3 Å². The van der Waals surface area contributed by atoms with Crippen LogP contribution in [0.15, 0.2) is 30.5 Å². The molecule has 2 fully saturated rings. The van der Waals surface area contributed by atoms with Crippen LogP contribution >= 0.6 is 0 Å². The van der Waals surface area contributed by atoms with Crippen LogP contribution in [0.3, 0.4) is 0 Å². The Kier molecular flexibility index (Phi) is 4.00. The second kappa shape index (κ2) is 6.30. The summed E-state index contributed by atoms with van der Waals surface area (Å²) in [4.78, 5) is 18.8. The normalized spacial score (nSPS) is 18.6. The lowest BCUT2D eigenvalue weighted by Gasteiger charge is -2.34. The number of fused-ring (bicyclic) bond motifs is 1. The largest absolute Gasteiger partial charge is 0.497 e. The highest BCUT2D eigenvalue weighted by atomic mass is 16.5. The van der Waals surface area contributed by atoms with E-state index in [0.29, 0.717) is 12.0 Å². The third kappa shape index (κ3) is 3.03. The van der Waals surface area contributed by atoms with Gasteiger partial charge in [-0.2, -0.15) is 0 Å². The molecule has 0 radical (unpaired) electrons. The Morgan fingerprint density at radius 3 is 2.71 bits per heavy atom. The number of benzene rings is 1. The van der Waals surface area contributed by atoms with Crippen LogP contribution in [0.2, 0.25) is 0 Å². The Labute approximate surface area is 142 Å². The summed E-state index contributed by atoms with van der Waals surface area (Å²) in [7, 11) is 1.69. The number of rotatable bonds is 4. The number of hydrogen-bond acceptors (Lipinski definition) is 4. The summed E-state index contributed by atoms with van der Waals surface area (Å²) in [5, 5.41) is 4.33. The molecule has 1 aromatic carbocycles. The van der Waals surface area contributed by atoms with Crippen LogP contribution in [0.1, 0.15) is 25.7 Å². The number of pyridine rings is 1. The smallest absolute Gasteiger partial charge is 0.223 e. The number of hydrogen-bond donors (Lipinski definition) is 1. The number of carbonyl (C=O) groups excluding carboxylic acids is 1. The predicted octanol–water partition coefficient (Wildman–Crippen LogP) is 2.74. The minimum atomic E-state index is 0.257. The van der Waals surface area contributed by atoms with Gasteiger partial charge in [0.15, 0.2) is 0 Å². The molecule has 1 aromatic heterocycles. The molecule has 126 valence electrons. The first-order valence-electron chi connectivity index (χ1n) is 8.72. The van der Waals surface area contributed by atoms with E-state index in [-0.39, 0.29) is 5.91 Å². The van der Waals surface area contributed by atoms with Gasteiger partial charge in [0.25, 0.3) is 0 Å². The standard InChI is InChI=1S/C19H23N3O2/c1-24-15-4-5-17-16(12-15)18(6-9-20-17)22-10-7-14(8-11-22)21-19(23)13-2-3-13/h4-6,9,12-14H,2-3,7-8,10-11H2,1H3,(H,21,23). The minimum absolute atomic E-state index is 0.257. The maximum Gasteiger partial charge on any atom is 0.223 e. The number of piperidine rings is 1. The molecule has 1 N–H and O–H groups in total. The van der Waals surface area contributed by atoms with E-state index in [2.05, 4.69) is 27.3 Å². The number of nitrogens with one attached hydrogen (secondary N) is 1. The summed E-state index contributed by atoms with van der Waals surface area (Å²) in [6, 6.07) is 8.39. The highest BCUT2D eigenvalue weighted by Gasteiger charge is 2.31. The van der Waals surface area contributed by atoms with Crippen LogP contribution in [0, 0.1) is 5.92 Å². The van der Waals surface area contributed by atoms with E-state index < -0.39 is 0 Å². The van der Waals surface area contributed by atoms with Crippen molar-refractivity contribution >= 4 is 22.5 Å². The van der Waals surface area contributed by atoms with Gasteiger partial charge in [0.1, 0.15) is 5.75 Å². The van der Waals surface area contributed by atoms with Crippen molar-refractivity contribution in [3.05, 3.63) is 30.5 Å². The average molecular weight is 325 g/mol. The fraction of sp³-hybridized carbons (Fsp3) is 0.474. The second-order valence-electron chi connectivity index (χ2n) is 6.76. The van der Waals surface area contributed by atoms with E-state index in [0.717, 1.165) is 55.4 Å². The van der Waals surface area contributed by atoms with Crippen LogP contribution in [0.4, 0.5) is 5.69 Å². The van der Waals surface area contributed by atoms with Gasteiger partial charge in [-0.3, -0.25) is 9.78 Å². The molecule has 4 rings (SSSR count). The zero-order chi connectivity index (χ0) is 16.5. The van der Waals surface area contributed by atoms with E-state index in [1.54, 1.807) is 7.11 Å². The topological polar surface area (TPSA) is 54.5 Å². The van der Waals surface area contributed by atoms with Gasteiger partial charge in [-0.15, -0.1) is 0 Å². The molecular formula is C19H23N3O2. The number of methoxy groups -OCH3 is 1. The molecular weight excluding hydrogens is 302 g/mol. The first kappa shape index (κ1) is 15.2. The van der Waals surface area contributed by atoms with Crippen molar-refractivity contribution in [2.24, 2.45) is 5.92 Å². The first-order valence-corrected chi connectivity index (χ1v) is 8.72. The fourth-order valence-electron chi connectivity index (χ4n) is 3.44. The number of anilines is 1. The average Bonchev–Trinajstić information content (AvgIpc) is 3.47. The lowest BCUT2D eigenvalue weighted by molar-refractivity contribution is -0.123. The molecule has 1 amide bonds. The highest BCUT2D eigenvalue weighted by Crippen LogP contribution is 2.31. The number of carbonyl (C=O) groups is 1. The third-order valence-electron chi connectivity index (χ3n) is 5.06. The second-order valence-corrected chi connectivity index (χ2v) is 6.76. The molecule has 0 spiro atoms. The van der Waals surface area contributed by atoms with Crippen molar-refractivity contribution in [1.29, 1.82) is 0 Å². The van der Waals surface area contributed by atoms with E-state index in [9.17, 15) is 4.79 Å². The van der Waals surface area contributed by atoms with Crippen molar-refractivity contribution in [2.75, 3.05) is 25.1 Å². The first-order chi connectivity index (χ1) is 11.7. The Balaban J connectivity index is 1.48. The number of aromatic nitrogens is 1. The monoisotopic (exact) mass is 325 g/mol. The molecule has 1 saturated carbocycles. The molecule has 1 saturated heterocycles. The Hall–Kier alpha value is -2.30. The van der Waals surface area contributed by atoms with Crippen LogP contribution in [-0.2, 0) is 4.79 Å². The fourth-order valence-corrected chi connectivity index (χ4v) is 3.44. The summed E-state index contributed by atoms with van der Waals surface area (Å²) in [5.74, 6) is 1.40. The van der Waals surface area contributed by atoms with Crippen molar-refractivity contribution < 1.29 is 9.53 Å². The van der Waals surface area contributed by atoms with Gasteiger partial charge in [-0.25, -0.2) is 0 Å². The summed E-state index contributed by atoms with van der Waals surface area (Å²) in [6.45, 7) is 1.90. The van der Waals surface area contributed by atoms with Crippen molar-refractivity contribution in [1.82, 2.24) is 10.3 Å². The zero-order valence-corrected chi connectivity index (χ0v) is 14.0. The van der Waals surface area contributed by atoms with Gasteiger partial charge < -0.3 is 15.0 Å². The van der Waals surface area contributed by atoms with E-state index in [1.165, 1.54) is 5.69 Å². The van der Waals surface area contributed by atoms with Gasteiger partial charge in [0.05, 0.1) is 12.6 Å². The quantitative estimate of drug-likeness (QED) is 0.939. The molecule has 1 aliphatic carbocycles. The SMILES string of the molecule is COc1ccc2nccc(N3CCC(NC(=O)C4CC4)CC3)c2c1. The summed E-state index contributed by atoms with van der Waals surface area (Å²) in [5.41, 5.74) is 2.18. The molecule has 24 heavy (non-hydrogen) atoms. The third-order valence-corrected chi connectivity index (χ3v) is 5.06. The molecule has 2 aliphatic rings. The predicted molar refractivity (Wildman–Crippen MR) is 94.4 cm³/mol. The van der Waals surface area contributed by atoms with E-state index >= 15 is 0 Å². The molecule has 0 bridgehead atoms. The molecule has 2 aromatic rings. The van der Waals surface area contributed by atoms with Gasteiger partial charge in [-0.05, 0) is 49.9 Å². The van der Waals surface area contributed by atoms with Crippen LogP contribution in [-0.4, -0.2) is 37.1 Å². The maximum absolute atomic E-state index is 11.9. The van der Waals surface area contributed by atoms with Crippen molar-refractivity contribution in [3.63, 3.8) is 0 Å². The van der Waals surface area contributed by atoms with Crippen LogP contribution in [0.5, 0.6) is 5.75 Å². The molecule has 1 aliphatic heterocycles. The lowest BCUT2D eigenvalue weighted by atomic mass is 10.0. The van der Waals surface area contributed by atoms with Gasteiger partial charge >= 0.3 is 0 Å². The van der Waals surface area contributed by atoms with Crippen LogP contribution in [0.25, 0.3) is 10.9 Å². The molecule has 2 heterocycles. The van der Waals surface area contributed by atoms with Crippen LogP contribution < -0.4 is 15.0 Å². The van der Waals surface area contributed by atoms with E-state index in [4.69, 9.17) is 4.74 Å². The number of nitrogens with zero attached hydrogens (tertiary/aromatic N) is 2. The van der Waals surface area contributed by atoms with Crippen molar-refractivity contribution in [3.8, 4) is 5.75 Å². The zero-order valence-electron chi connectivity index (χ0n) is 14.0. The highest BCUT2D eigenvalue weighted by molar-refractivity contribution is 5.92. The molecule has 0 unspecified atom stereocenters. The Bertz CT molecular complexity index is 749. The molecule has 0 atom stereocenters. The van der Waals surface area contributed by atoms with E-state index in [1.807, 2.05) is 18.3 Å². The van der Waals surface area contributed by atoms with Gasteiger partial charge in [0.2, 0.25) is 5.91 Å². The Morgan fingerprint density at radius 2 is 2.00 bits per heavy atom. The molecule has 5 heteroatoms. The summed E-state index contributed by atoms with van der Waals surface area (Å²) in [6.07, 6.45) is 5.98. The minimum Gasteiger partial charge on any atom is -0.497 e. The number of amides is 1. The van der Waals surface area contributed by atoms with Crippen molar-refractivity contribution in [2.45, 2.75) is 31.7 Å². The number of ether oxygens (including phenoxy) is 1. The summed E-state index contributed by atoms with van der Waals surface area (Å²) >= 11 is 0. The Morgan fingerprint density at radius 1 is 1.21 bits per heavy atom. The molecule has 5 nitrogen and oxygen atoms in total. The lowest BCUT2D eigenvalue weighted by Crippen LogP contribution is -2.45. The van der Waals surface area contributed by atoms with Gasteiger partial charge in [-0.1, -0.05) is 0 Å². The maximum atomic E-state index is 11.9.